The number of hydrogen-bond donors (Lipinski definition) is 1. The van der Waals surface area contributed by atoms with Gasteiger partial charge in [0, 0.05) is 32.9 Å². The Hall–Kier alpha value is -1.66. The van der Waals surface area contributed by atoms with Crippen LogP contribution in [0.3, 0.4) is 0 Å². The van der Waals surface area contributed by atoms with Crippen LogP contribution in [0.15, 0.2) is 18.2 Å². The molecule has 1 fully saturated rings. The highest BCUT2D eigenvalue weighted by molar-refractivity contribution is 5.64. The van der Waals surface area contributed by atoms with E-state index in [1.54, 1.807) is 12.1 Å². The average Bonchev–Trinajstić information content (AvgIpc) is 2.47. The van der Waals surface area contributed by atoms with Crippen molar-refractivity contribution < 1.29 is 14.8 Å². The van der Waals surface area contributed by atoms with Crippen LogP contribution in [0.2, 0.25) is 0 Å². The lowest BCUT2D eigenvalue weighted by Crippen LogP contribution is -2.29. The number of anilines is 1. The number of benzene rings is 1. The summed E-state index contributed by atoms with van der Waals surface area (Å²) in [5, 5.41) is 20.2. The molecule has 1 N–H and O–H groups in total. The molecule has 0 bridgehead atoms. The minimum absolute atomic E-state index is 0.0473. The molecule has 0 aliphatic carbocycles. The predicted octanol–water partition coefficient (Wildman–Crippen LogP) is 1.95. The van der Waals surface area contributed by atoms with Gasteiger partial charge in [-0.3, -0.25) is 10.1 Å². The van der Waals surface area contributed by atoms with Gasteiger partial charge in [-0.25, -0.2) is 0 Å². The van der Waals surface area contributed by atoms with E-state index in [4.69, 9.17) is 9.84 Å². The van der Waals surface area contributed by atoms with Crippen LogP contribution in [0, 0.1) is 16.0 Å². The Bertz CT molecular complexity index is 472. The van der Waals surface area contributed by atoms with Crippen LogP contribution < -0.4 is 4.90 Å². The largest absolute Gasteiger partial charge is 0.392 e. The zero-order chi connectivity index (χ0) is 14.5. The van der Waals surface area contributed by atoms with E-state index in [1.807, 2.05) is 11.9 Å². The maximum atomic E-state index is 11.2. The van der Waals surface area contributed by atoms with Gasteiger partial charge < -0.3 is 14.7 Å². The highest BCUT2D eigenvalue weighted by Gasteiger charge is 2.21. The molecule has 1 aliphatic heterocycles. The molecular weight excluding hydrogens is 260 g/mol. The van der Waals surface area contributed by atoms with Gasteiger partial charge in [0.05, 0.1) is 11.5 Å². The van der Waals surface area contributed by atoms with Gasteiger partial charge in [0.2, 0.25) is 0 Å². The van der Waals surface area contributed by atoms with Crippen LogP contribution in [-0.2, 0) is 11.3 Å². The third kappa shape index (κ3) is 3.46. The van der Waals surface area contributed by atoms with Gasteiger partial charge in [-0.2, -0.15) is 0 Å². The number of rotatable bonds is 5. The molecule has 2 rings (SSSR count). The first-order valence-corrected chi connectivity index (χ1v) is 6.79. The summed E-state index contributed by atoms with van der Waals surface area (Å²) < 4.78 is 5.32. The van der Waals surface area contributed by atoms with Gasteiger partial charge in [-0.05, 0) is 30.4 Å². The van der Waals surface area contributed by atoms with E-state index in [-0.39, 0.29) is 12.3 Å². The Morgan fingerprint density at radius 1 is 1.45 bits per heavy atom. The summed E-state index contributed by atoms with van der Waals surface area (Å²) in [7, 11) is 1.87. The molecule has 20 heavy (non-hydrogen) atoms. The van der Waals surface area contributed by atoms with Crippen molar-refractivity contribution in [2.45, 2.75) is 19.4 Å². The molecule has 1 saturated heterocycles. The summed E-state index contributed by atoms with van der Waals surface area (Å²) in [6, 6.07) is 4.88. The van der Waals surface area contributed by atoms with E-state index >= 15 is 0 Å². The molecule has 0 saturated carbocycles. The van der Waals surface area contributed by atoms with Crippen LogP contribution in [-0.4, -0.2) is 36.8 Å². The molecule has 6 nitrogen and oxygen atoms in total. The summed E-state index contributed by atoms with van der Waals surface area (Å²) in [6.07, 6.45) is 1.99. The molecule has 1 aromatic rings. The SMILES string of the molecule is CN(CC1CCOCC1)c1ccc(CO)cc1[N+](=O)[O-]. The molecule has 1 aliphatic rings. The molecule has 110 valence electrons. The van der Waals surface area contributed by atoms with Crippen LogP contribution in [0.25, 0.3) is 0 Å². The average molecular weight is 280 g/mol. The minimum atomic E-state index is -0.394. The first-order valence-electron chi connectivity index (χ1n) is 6.79. The summed E-state index contributed by atoms with van der Waals surface area (Å²) in [5.74, 6) is 0.505. The smallest absolute Gasteiger partial charge is 0.292 e. The lowest BCUT2D eigenvalue weighted by Gasteiger charge is -2.28. The molecule has 0 amide bonds. The Labute approximate surface area is 118 Å². The van der Waals surface area contributed by atoms with Crippen molar-refractivity contribution in [1.29, 1.82) is 0 Å². The van der Waals surface area contributed by atoms with Crippen molar-refractivity contribution in [1.82, 2.24) is 0 Å². The monoisotopic (exact) mass is 280 g/mol. The van der Waals surface area contributed by atoms with Gasteiger partial charge in [-0.1, -0.05) is 6.07 Å². The lowest BCUT2D eigenvalue weighted by molar-refractivity contribution is -0.384. The fraction of sp³-hybridized carbons (Fsp3) is 0.571. The van der Waals surface area contributed by atoms with Crippen molar-refractivity contribution in [2.24, 2.45) is 5.92 Å². The van der Waals surface area contributed by atoms with Crippen LogP contribution >= 0.6 is 0 Å². The number of ether oxygens (including phenoxy) is 1. The number of hydrogen-bond acceptors (Lipinski definition) is 5. The van der Waals surface area contributed by atoms with Crippen molar-refractivity contribution >= 4 is 11.4 Å². The second kappa shape index (κ2) is 6.67. The van der Waals surface area contributed by atoms with Crippen LogP contribution in [0.4, 0.5) is 11.4 Å². The summed E-state index contributed by atoms with van der Waals surface area (Å²) in [5.41, 5.74) is 1.20. The second-order valence-corrected chi connectivity index (χ2v) is 5.17. The fourth-order valence-corrected chi connectivity index (χ4v) is 2.55. The standard InChI is InChI=1S/C14H20N2O4/c1-15(9-11-4-6-20-7-5-11)13-3-2-12(10-17)8-14(13)16(18)19/h2-3,8,11,17H,4-7,9-10H2,1H3. The summed E-state index contributed by atoms with van der Waals surface area (Å²) in [6.45, 7) is 2.13. The van der Waals surface area contributed by atoms with Crippen molar-refractivity contribution in [3.8, 4) is 0 Å². The Morgan fingerprint density at radius 3 is 2.75 bits per heavy atom. The molecule has 0 spiro atoms. The molecule has 0 aromatic heterocycles. The fourth-order valence-electron chi connectivity index (χ4n) is 2.55. The first-order chi connectivity index (χ1) is 9.61. The third-order valence-electron chi connectivity index (χ3n) is 3.70. The minimum Gasteiger partial charge on any atom is -0.392 e. The Morgan fingerprint density at radius 2 is 2.15 bits per heavy atom. The van der Waals surface area contributed by atoms with E-state index in [1.165, 1.54) is 6.07 Å². The number of aliphatic hydroxyl groups excluding tert-OH is 1. The van der Waals surface area contributed by atoms with Crippen molar-refractivity contribution in [3.05, 3.63) is 33.9 Å². The zero-order valence-corrected chi connectivity index (χ0v) is 11.6. The molecular formula is C14H20N2O4. The van der Waals surface area contributed by atoms with Gasteiger partial charge in [-0.15, -0.1) is 0 Å². The van der Waals surface area contributed by atoms with E-state index < -0.39 is 4.92 Å². The predicted molar refractivity (Wildman–Crippen MR) is 75.8 cm³/mol. The summed E-state index contributed by atoms with van der Waals surface area (Å²) >= 11 is 0. The van der Waals surface area contributed by atoms with Gasteiger partial charge in [0.1, 0.15) is 5.69 Å². The number of nitro benzene ring substituents is 1. The molecule has 6 heteroatoms. The highest BCUT2D eigenvalue weighted by atomic mass is 16.6. The molecule has 0 atom stereocenters. The number of nitrogens with zero attached hydrogens (tertiary/aromatic N) is 2. The maximum absolute atomic E-state index is 11.2. The van der Waals surface area contributed by atoms with Crippen LogP contribution in [0.5, 0.6) is 0 Å². The molecule has 1 heterocycles. The Kier molecular flexibility index (Phi) is 4.92. The van der Waals surface area contributed by atoms with Gasteiger partial charge >= 0.3 is 0 Å². The quantitative estimate of drug-likeness (QED) is 0.659. The Balaban J connectivity index is 2.15. The second-order valence-electron chi connectivity index (χ2n) is 5.17. The van der Waals surface area contributed by atoms with E-state index in [0.717, 1.165) is 32.6 Å². The van der Waals surface area contributed by atoms with Gasteiger partial charge in [0.15, 0.2) is 0 Å². The topological polar surface area (TPSA) is 75.8 Å². The normalized spacial score (nSPS) is 16.1. The molecule has 0 unspecified atom stereocenters. The van der Waals surface area contributed by atoms with Crippen LogP contribution in [0.1, 0.15) is 18.4 Å². The first kappa shape index (κ1) is 14.7. The van der Waals surface area contributed by atoms with Gasteiger partial charge in [0.25, 0.3) is 5.69 Å². The highest BCUT2D eigenvalue weighted by Crippen LogP contribution is 2.30. The number of nitro groups is 1. The van der Waals surface area contributed by atoms with E-state index in [2.05, 4.69) is 0 Å². The van der Waals surface area contributed by atoms with Crippen molar-refractivity contribution in [3.63, 3.8) is 0 Å². The van der Waals surface area contributed by atoms with Crippen molar-refractivity contribution in [2.75, 3.05) is 31.7 Å². The maximum Gasteiger partial charge on any atom is 0.292 e. The van der Waals surface area contributed by atoms with E-state index in [9.17, 15) is 10.1 Å². The summed E-state index contributed by atoms with van der Waals surface area (Å²) in [4.78, 5) is 12.7. The lowest BCUT2D eigenvalue weighted by atomic mass is 9.99. The number of aliphatic hydroxyl groups is 1. The third-order valence-corrected chi connectivity index (χ3v) is 3.70. The molecule has 1 aromatic carbocycles. The van der Waals surface area contributed by atoms with E-state index in [0.29, 0.717) is 17.2 Å². The molecule has 0 radical (unpaired) electrons. The zero-order valence-electron chi connectivity index (χ0n) is 11.6.